The molecule has 0 amide bonds. The minimum Gasteiger partial charge on any atom is -0.468 e. The molecule has 5 aromatic heterocycles. The molecule has 9 heteroatoms. The van der Waals surface area contributed by atoms with Crippen LogP contribution < -0.4 is 0 Å². The van der Waals surface area contributed by atoms with Crippen LogP contribution >= 0.6 is 0 Å². The zero-order valence-electron chi connectivity index (χ0n) is 21.2. The van der Waals surface area contributed by atoms with E-state index < -0.39 is 0 Å². The first-order chi connectivity index (χ1) is 18.7. The number of aromatic amines is 1. The number of hydrogen-bond acceptors (Lipinski definition) is 6. The number of nitrogens with one attached hydrogen (secondary N) is 1. The van der Waals surface area contributed by atoms with Crippen molar-refractivity contribution in [3.63, 3.8) is 0 Å². The molecule has 3 aliphatic carbocycles. The number of nitrogens with zero attached hydrogens (tertiary/aromatic N) is 5. The third-order valence-electron chi connectivity index (χ3n) is 7.89. The number of carbonyl (C=O) groups is 1. The molecule has 0 spiro atoms. The molecular weight excluding hydrogens is 483 g/mol. The van der Waals surface area contributed by atoms with E-state index in [9.17, 15) is 9.18 Å². The zero-order valence-corrected chi connectivity index (χ0v) is 21.2. The van der Waals surface area contributed by atoms with E-state index in [0.717, 1.165) is 33.6 Å². The lowest BCUT2D eigenvalue weighted by atomic mass is 9.68. The minimum atomic E-state index is -0.370. The second-order valence-electron chi connectivity index (χ2n) is 10.0. The Balaban J connectivity index is 0.000000474. The predicted molar refractivity (Wildman–Crippen MR) is 145 cm³/mol. The number of H-pyrrole nitrogens is 1. The summed E-state index contributed by atoms with van der Waals surface area (Å²) >= 11 is 0. The van der Waals surface area contributed by atoms with Gasteiger partial charge >= 0.3 is 0 Å². The molecule has 38 heavy (non-hydrogen) atoms. The van der Waals surface area contributed by atoms with E-state index in [0.29, 0.717) is 41.9 Å². The molecule has 2 bridgehead atoms. The van der Waals surface area contributed by atoms with Gasteiger partial charge in [-0.1, -0.05) is 18.9 Å². The van der Waals surface area contributed by atoms with Crippen molar-refractivity contribution < 1.29 is 15.3 Å². The first-order valence-corrected chi connectivity index (χ1v) is 13.1. The number of rotatable bonds is 5. The van der Waals surface area contributed by atoms with Gasteiger partial charge in [0.25, 0.3) is 6.47 Å². The lowest BCUT2D eigenvalue weighted by molar-refractivity contribution is -0.128. The van der Waals surface area contributed by atoms with Gasteiger partial charge in [-0.2, -0.15) is 0 Å². The average Bonchev–Trinajstić information content (AvgIpc) is 3.56. The molecule has 5 heterocycles. The molecule has 0 radical (unpaired) electrons. The predicted octanol–water partition coefficient (Wildman–Crippen LogP) is 6.35. The van der Waals surface area contributed by atoms with Crippen LogP contribution in [0.2, 0.25) is 0 Å². The summed E-state index contributed by atoms with van der Waals surface area (Å²) in [6.45, 7) is 2.66. The number of aromatic nitrogens is 6. The molecular formula is C29H31FN6O2. The average molecular weight is 515 g/mol. The van der Waals surface area contributed by atoms with Gasteiger partial charge in [0.05, 0.1) is 12.8 Å². The van der Waals surface area contributed by atoms with Crippen LogP contribution in [0.3, 0.4) is 0 Å². The van der Waals surface area contributed by atoms with Crippen LogP contribution in [0.4, 0.5) is 4.39 Å². The van der Waals surface area contributed by atoms with Crippen molar-refractivity contribution >= 4 is 28.5 Å². The molecule has 8 rings (SSSR count). The van der Waals surface area contributed by atoms with Crippen LogP contribution in [-0.2, 0) is 9.53 Å². The Morgan fingerprint density at radius 2 is 2.03 bits per heavy atom. The Kier molecular flexibility index (Phi) is 6.57. The van der Waals surface area contributed by atoms with Crippen molar-refractivity contribution in [1.82, 2.24) is 29.5 Å². The van der Waals surface area contributed by atoms with Crippen LogP contribution in [0.1, 0.15) is 46.5 Å². The maximum Gasteiger partial charge on any atom is 0.293 e. The number of fused-ring (bicyclic) bond motifs is 5. The molecule has 0 saturated heterocycles. The zero-order chi connectivity index (χ0) is 26.1. The Morgan fingerprint density at radius 3 is 2.71 bits per heavy atom. The second kappa shape index (κ2) is 10.3. The fourth-order valence-electron chi connectivity index (χ4n) is 6.08. The summed E-state index contributed by atoms with van der Waals surface area (Å²) in [4.78, 5) is 30.6. The fraction of sp³-hybridized carbons (Fsp3) is 0.345. The summed E-state index contributed by atoms with van der Waals surface area (Å²) in [6, 6.07) is 5.99. The molecule has 3 fully saturated rings. The Hall–Kier alpha value is -4.14. The maximum atomic E-state index is 13.9. The van der Waals surface area contributed by atoms with Crippen molar-refractivity contribution in [1.29, 1.82) is 0 Å². The van der Waals surface area contributed by atoms with Gasteiger partial charge < -0.3 is 14.3 Å². The van der Waals surface area contributed by atoms with Gasteiger partial charge in [-0.25, -0.2) is 19.3 Å². The summed E-state index contributed by atoms with van der Waals surface area (Å²) < 4.78 is 20.5. The number of halogens is 1. The van der Waals surface area contributed by atoms with E-state index in [1.54, 1.807) is 13.1 Å². The van der Waals surface area contributed by atoms with Crippen molar-refractivity contribution in [2.75, 3.05) is 6.61 Å². The molecule has 3 saturated carbocycles. The normalized spacial score (nSPS) is 20.3. The molecule has 0 aromatic carbocycles. The maximum absolute atomic E-state index is 13.9. The van der Waals surface area contributed by atoms with E-state index in [4.69, 9.17) is 9.97 Å². The van der Waals surface area contributed by atoms with Crippen molar-refractivity contribution in [3.05, 3.63) is 61.2 Å². The van der Waals surface area contributed by atoms with Gasteiger partial charge in [0.15, 0.2) is 5.82 Å². The third kappa shape index (κ3) is 4.42. The van der Waals surface area contributed by atoms with E-state index >= 15 is 0 Å². The third-order valence-corrected chi connectivity index (χ3v) is 7.89. The largest absolute Gasteiger partial charge is 0.468 e. The van der Waals surface area contributed by atoms with E-state index in [1.807, 2.05) is 24.7 Å². The quantitative estimate of drug-likeness (QED) is 0.274. The summed E-state index contributed by atoms with van der Waals surface area (Å²) in [5.41, 5.74) is 4.51. The van der Waals surface area contributed by atoms with Gasteiger partial charge in [-0.15, -0.1) is 0 Å². The first kappa shape index (κ1) is 24.2. The summed E-state index contributed by atoms with van der Waals surface area (Å²) in [7, 11) is 0. The minimum absolute atomic E-state index is 0. The highest BCUT2D eigenvalue weighted by Crippen LogP contribution is 2.49. The smallest absolute Gasteiger partial charge is 0.293 e. The summed E-state index contributed by atoms with van der Waals surface area (Å²) in [5.74, 6) is 1.71. The van der Waals surface area contributed by atoms with Crippen LogP contribution in [-0.4, -0.2) is 42.6 Å². The van der Waals surface area contributed by atoms with Crippen LogP contribution in [0.5, 0.6) is 0 Å². The molecule has 8 nitrogen and oxygen atoms in total. The summed E-state index contributed by atoms with van der Waals surface area (Å²) in [6.07, 6.45) is 17.4. The number of hydrogen-bond donors (Lipinski definition) is 1. The fourth-order valence-corrected chi connectivity index (χ4v) is 6.08. The molecule has 5 aromatic rings. The van der Waals surface area contributed by atoms with Gasteiger partial charge in [-0.3, -0.25) is 9.78 Å². The number of carbonyl (C=O) groups excluding carboxylic acids is 1. The number of pyridine rings is 2. The van der Waals surface area contributed by atoms with Crippen molar-refractivity contribution in [2.24, 2.45) is 11.8 Å². The molecule has 0 unspecified atom stereocenters. The van der Waals surface area contributed by atoms with E-state index in [1.165, 1.54) is 44.4 Å². The van der Waals surface area contributed by atoms with E-state index in [2.05, 4.69) is 36.5 Å². The second-order valence-corrected chi connectivity index (χ2v) is 10.0. The van der Waals surface area contributed by atoms with Crippen molar-refractivity contribution in [2.45, 2.75) is 45.1 Å². The summed E-state index contributed by atoms with van der Waals surface area (Å²) in [5, 5.41) is 1.72. The topological polar surface area (TPSA) is 98.6 Å². The van der Waals surface area contributed by atoms with Crippen LogP contribution in [0, 0.1) is 17.7 Å². The Bertz CT molecular complexity index is 1580. The van der Waals surface area contributed by atoms with Gasteiger partial charge in [0.1, 0.15) is 17.1 Å². The highest BCUT2D eigenvalue weighted by atomic mass is 19.1. The van der Waals surface area contributed by atoms with Gasteiger partial charge in [0, 0.05) is 65.9 Å². The van der Waals surface area contributed by atoms with Crippen LogP contribution in [0.15, 0.2) is 55.4 Å². The molecule has 1 N–H and O–H groups in total. The molecule has 1 atom stereocenters. The van der Waals surface area contributed by atoms with Gasteiger partial charge in [0.2, 0.25) is 0 Å². The monoisotopic (exact) mass is 514 g/mol. The Labute approximate surface area is 220 Å². The first-order valence-electron chi connectivity index (χ1n) is 13.1. The van der Waals surface area contributed by atoms with Gasteiger partial charge in [-0.05, 0) is 50.2 Å². The molecule has 0 aliphatic heterocycles. The van der Waals surface area contributed by atoms with E-state index in [-0.39, 0.29) is 7.24 Å². The standard InChI is InChI=1S/C26H23FN6.C3H6O2.H2/c27-18-9-19-20(12-30-24(19)29-11-18)25-31-13-21-22(17-2-1-7-28-10-17)14-33(26(21)32-25)23-8-15-3-5-16(23)6-4-15;1-2-5-3-4;/h1-2,7,9-16,23H,3-6,8H2,(H,29,30);3H,2H2,1H3;1H/t15?,16?,23-;;/m0../s1. The lowest BCUT2D eigenvalue weighted by Gasteiger charge is -2.43. The highest BCUT2D eigenvalue weighted by Gasteiger charge is 2.37. The highest BCUT2D eigenvalue weighted by molar-refractivity contribution is 5.96. The molecule has 196 valence electrons. The Morgan fingerprint density at radius 1 is 1.16 bits per heavy atom. The SMILES string of the molecule is CCOC=O.Fc1cnc2[nH]cc(-c3ncc4c(-c5cccnc5)cn([C@H]5CC6CCC5CC6)c4n3)c2c1.[HH]. The molecule has 3 aliphatic rings. The lowest BCUT2D eigenvalue weighted by Crippen LogP contribution is -2.32. The van der Waals surface area contributed by atoms with Crippen LogP contribution in [0.25, 0.3) is 44.6 Å². The number of ether oxygens (including phenoxy) is 1. The van der Waals surface area contributed by atoms with Crippen molar-refractivity contribution in [3.8, 4) is 22.5 Å².